The van der Waals surface area contributed by atoms with Crippen molar-refractivity contribution >= 4 is 36.8 Å². The molecule has 2 fully saturated rings. The van der Waals surface area contributed by atoms with Gasteiger partial charge in [-0.2, -0.15) is 26.3 Å². The van der Waals surface area contributed by atoms with Gasteiger partial charge in [0.1, 0.15) is 42.7 Å². The van der Waals surface area contributed by atoms with Crippen LogP contribution in [0.15, 0.2) is 67.1 Å². The van der Waals surface area contributed by atoms with Gasteiger partial charge in [-0.3, -0.25) is 4.79 Å². The molecule has 17 nitrogen and oxygen atoms in total. The molecule has 2 aromatic carbocycles. The molecule has 7 N–H and O–H groups in total. The van der Waals surface area contributed by atoms with Crippen LogP contribution in [0.4, 0.5) is 26.3 Å². The van der Waals surface area contributed by atoms with Crippen LogP contribution in [0.2, 0.25) is 0 Å². The molecule has 5 aliphatic rings. The first-order valence-electron chi connectivity index (χ1n) is 19.1. The van der Waals surface area contributed by atoms with E-state index in [1.54, 1.807) is 0 Å². The van der Waals surface area contributed by atoms with Crippen molar-refractivity contribution in [3.8, 4) is 0 Å². The van der Waals surface area contributed by atoms with Gasteiger partial charge >= 0.3 is 23.7 Å². The predicted octanol–water partition coefficient (Wildman–Crippen LogP) is 0.843. The van der Waals surface area contributed by atoms with Gasteiger partial charge in [-0.15, -0.1) is 0 Å². The van der Waals surface area contributed by atoms with Crippen molar-refractivity contribution in [2.45, 2.75) is 123 Å². The van der Waals surface area contributed by atoms with E-state index in [2.05, 4.69) is 0 Å². The largest absolute Gasteiger partial charge is 0.457 e. The van der Waals surface area contributed by atoms with E-state index < -0.39 is 184 Å². The number of aliphatic hydroxyl groups excluding tert-OH is 7. The number of esters is 1. The van der Waals surface area contributed by atoms with Crippen LogP contribution in [0.5, 0.6) is 0 Å². The summed E-state index contributed by atoms with van der Waals surface area (Å²) in [7, 11) is -9.89. The van der Waals surface area contributed by atoms with E-state index in [1.807, 2.05) is 0 Å². The number of hydrogen-bond acceptors (Lipinski definition) is 17. The van der Waals surface area contributed by atoms with Crippen LogP contribution in [0.3, 0.4) is 0 Å². The Morgan fingerprint density at radius 3 is 1.45 bits per heavy atom. The van der Waals surface area contributed by atoms with Gasteiger partial charge in [-0.1, -0.05) is 24.3 Å². The number of alkyl halides is 6. The molecular formula is C39H40F6O17S2. The van der Waals surface area contributed by atoms with E-state index in [0.29, 0.717) is 13.8 Å². The van der Waals surface area contributed by atoms with Gasteiger partial charge in [0.25, 0.3) is 0 Å². The van der Waals surface area contributed by atoms with E-state index in [1.165, 1.54) is 0 Å². The highest BCUT2D eigenvalue weighted by Gasteiger charge is 2.81. The van der Waals surface area contributed by atoms with Crippen LogP contribution in [0.1, 0.15) is 43.0 Å². The summed E-state index contributed by atoms with van der Waals surface area (Å²) in [5.74, 6) is -18.9. The van der Waals surface area contributed by atoms with Gasteiger partial charge in [-0.25, -0.2) is 16.8 Å². The molecule has 0 bridgehead atoms. The quantitative estimate of drug-likeness (QED) is 0.121. The minimum Gasteiger partial charge on any atom is -0.457 e. The van der Waals surface area contributed by atoms with Gasteiger partial charge in [0.15, 0.2) is 18.7 Å². The summed E-state index contributed by atoms with van der Waals surface area (Å²) in [5, 5.41) is 70.6. The fraction of sp³-hybridized carbons (Fsp3) is 0.513. The molecule has 4 aliphatic heterocycles. The number of benzene rings is 2. The third kappa shape index (κ3) is 7.23. The second kappa shape index (κ2) is 16.5. The number of aliphatic hydroxyl groups is 7. The van der Waals surface area contributed by atoms with Crippen LogP contribution in [0, 0.1) is 0 Å². The van der Waals surface area contributed by atoms with Crippen LogP contribution in [0.25, 0.3) is 11.1 Å². The summed E-state index contributed by atoms with van der Waals surface area (Å²) < 4.78 is 178. The van der Waals surface area contributed by atoms with Gasteiger partial charge < -0.3 is 59.4 Å². The Bertz CT molecular complexity index is 2580. The van der Waals surface area contributed by atoms with Crippen molar-refractivity contribution in [2.24, 2.45) is 0 Å². The number of rotatable bonds is 11. The summed E-state index contributed by atoms with van der Waals surface area (Å²) in [5.41, 5.74) is -8.52. The standard InChI is InChI=1S/C39H40F6O17S2/c1-14-25(19-6-4-17(8-23(19)63(14,54)55)12-58-35-32(52)31(51)29(49)21(10-46)61-35)27-28(38(42,43)39(44,45)37(27,40)41)26-15(2)64(56,57)24-9-18(5-7-20(24)26)13-59-36-33(53)34(60-16(3)48)30(50)22(11-47)62-36/h4-9,21-22,29-36,46-47,49-53H,10-13H2,1-3H3/t21-,22-,29-,30-,31+,32-,33-,34+,35-,36-/m1/s1. The fourth-order valence-corrected chi connectivity index (χ4v) is 11.4. The fourth-order valence-electron chi connectivity index (χ4n) is 8.24. The van der Waals surface area contributed by atoms with Crippen molar-refractivity contribution in [3.05, 3.63) is 79.6 Å². The van der Waals surface area contributed by atoms with Crippen LogP contribution >= 0.6 is 0 Å². The number of carbonyl (C=O) groups excluding carboxylic acids is 1. The molecule has 4 heterocycles. The summed E-state index contributed by atoms with van der Waals surface area (Å²) in [6.07, 6.45) is -17.0. The third-order valence-corrected chi connectivity index (χ3v) is 15.5. The number of sulfone groups is 2. The van der Waals surface area contributed by atoms with Crippen LogP contribution in [-0.2, 0) is 61.4 Å². The number of halogens is 6. The summed E-state index contributed by atoms with van der Waals surface area (Å²) in [4.78, 5) is 7.79. The van der Waals surface area contributed by atoms with E-state index >= 15 is 26.3 Å². The molecule has 0 saturated carbocycles. The van der Waals surface area contributed by atoms with Gasteiger partial charge in [0, 0.05) is 40.3 Å². The molecule has 25 heteroatoms. The Labute approximate surface area is 359 Å². The maximum Gasteiger partial charge on any atom is 0.380 e. The molecule has 0 unspecified atom stereocenters. The van der Waals surface area contributed by atoms with Crippen molar-refractivity contribution in [3.63, 3.8) is 0 Å². The average Bonchev–Trinajstić information content (AvgIpc) is 3.59. The number of carbonyl (C=O) groups is 1. The van der Waals surface area contributed by atoms with E-state index in [9.17, 15) is 57.4 Å². The van der Waals surface area contributed by atoms with Crippen molar-refractivity contribution < 1.29 is 107 Å². The lowest BCUT2D eigenvalue weighted by Crippen LogP contribution is -2.60. The molecule has 7 rings (SSSR count). The van der Waals surface area contributed by atoms with Crippen LogP contribution in [-0.4, -0.2) is 151 Å². The van der Waals surface area contributed by atoms with Gasteiger partial charge in [0.05, 0.1) is 46.0 Å². The Kier molecular flexibility index (Phi) is 12.4. The number of allylic oxidation sites excluding steroid dienone is 6. The van der Waals surface area contributed by atoms with Gasteiger partial charge in [0.2, 0.25) is 19.7 Å². The maximum atomic E-state index is 16.3. The molecule has 0 amide bonds. The molecule has 2 saturated heterocycles. The minimum absolute atomic E-state index is 0.0925. The Balaban J connectivity index is 1.27. The Hall–Kier alpha value is -3.83. The minimum atomic E-state index is -6.26. The molecule has 64 heavy (non-hydrogen) atoms. The van der Waals surface area contributed by atoms with E-state index in [0.717, 1.165) is 43.3 Å². The predicted molar refractivity (Wildman–Crippen MR) is 201 cm³/mol. The van der Waals surface area contributed by atoms with Crippen molar-refractivity contribution in [1.29, 1.82) is 0 Å². The topological polar surface area (TPSA) is 273 Å². The second-order valence-corrected chi connectivity index (χ2v) is 19.7. The van der Waals surface area contributed by atoms with Crippen molar-refractivity contribution in [2.75, 3.05) is 13.2 Å². The molecule has 0 spiro atoms. The number of fused-ring (bicyclic) bond motifs is 2. The van der Waals surface area contributed by atoms with Gasteiger partial charge in [-0.05, 0) is 37.1 Å². The number of ether oxygens (including phenoxy) is 5. The SMILES string of the molecule is CC(=O)O[C@@H]1[C@@H](O)[C@H](OCc2ccc3c(c2)S(=O)(=O)C(C)=C3C2=C(C3=C(C)S(=O)(=O)c4cc(CO[C@@H]5O[C@H](CO)[C@@H](O)[C@H](O)[C@H]5O)ccc43)C(F)(F)C(F)(F)C2(F)F)O[C@H](CO)[C@H]1O. The average molecular weight is 959 g/mol. The molecule has 0 aromatic heterocycles. The molecule has 352 valence electrons. The molecule has 1 aliphatic carbocycles. The third-order valence-electron chi connectivity index (χ3n) is 11.7. The number of hydrogen-bond donors (Lipinski definition) is 7. The molecular weight excluding hydrogens is 919 g/mol. The highest BCUT2D eigenvalue weighted by molar-refractivity contribution is 7.96. The summed E-state index contributed by atoms with van der Waals surface area (Å²) in [6.45, 7) is -0.586. The first-order valence-corrected chi connectivity index (χ1v) is 22.1. The normalized spacial score (nSPS) is 33.4. The molecule has 10 atom stereocenters. The highest BCUT2D eigenvalue weighted by atomic mass is 32.2. The first kappa shape index (κ1) is 48.1. The zero-order chi connectivity index (χ0) is 47.4. The summed E-state index contributed by atoms with van der Waals surface area (Å²) >= 11 is 0. The lowest BCUT2D eigenvalue weighted by molar-refractivity contribution is -0.306. The van der Waals surface area contributed by atoms with Crippen LogP contribution < -0.4 is 0 Å². The maximum absolute atomic E-state index is 16.3. The smallest absolute Gasteiger partial charge is 0.380 e. The molecule has 2 aromatic rings. The zero-order valence-corrected chi connectivity index (χ0v) is 35.0. The molecule has 0 radical (unpaired) electrons. The lowest BCUT2D eigenvalue weighted by Gasteiger charge is -2.41. The monoisotopic (exact) mass is 958 g/mol. The van der Waals surface area contributed by atoms with E-state index in [-0.39, 0.29) is 11.1 Å². The Morgan fingerprint density at radius 2 is 1.05 bits per heavy atom. The van der Waals surface area contributed by atoms with Crippen molar-refractivity contribution in [1.82, 2.24) is 0 Å². The highest BCUT2D eigenvalue weighted by Crippen LogP contribution is 2.67. The Morgan fingerprint density at radius 1 is 0.641 bits per heavy atom. The zero-order valence-electron chi connectivity index (χ0n) is 33.4. The summed E-state index contributed by atoms with van der Waals surface area (Å²) in [6, 6.07) is 5.46. The second-order valence-electron chi connectivity index (χ2n) is 15.6. The lowest BCUT2D eigenvalue weighted by atomic mass is 9.87. The van der Waals surface area contributed by atoms with E-state index in [4.69, 9.17) is 23.7 Å². The first-order chi connectivity index (χ1) is 29.7.